The van der Waals surface area contributed by atoms with Crippen molar-refractivity contribution >= 4 is 22.9 Å². The Balaban J connectivity index is 2.39. The highest BCUT2D eigenvalue weighted by molar-refractivity contribution is 7.12. The summed E-state index contributed by atoms with van der Waals surface area (Å²) in [6, 6.07) is 4.21. The molecular weight excluding hydrogens is 292 g/mol. The van der Waals surface area contributed by atoms with Crippen LogP contribution in [0, 0.1) is 0 Å². The van der Waals surface area contributed by atoms with Gasteiger partial charge in [0.25, 0.3) is 0 Å². The molecule has 5 heteroatoms. The minimum absolute atomic E-state index is 0.0880. The molecule has 3 nitrogen and oxygen atoms in total. The second-order valence-electron chi connectivity index (χ2n) is 6.27. The Labute approximate surface area is 129 Å². The monoisotopic (exact) mass is 312 g/mol. The number of nitrogens with zero attached hydrogens (tertiary/aromatic N) is 2. The highest BCUT2D eigenvalue weighted by Gasteiger charge is 2.24. The van der Waals surface area contributed by atoms with Crippen LogP contribution in [0.25, 0.3) is 0 Å². The fraction of sp³-hybridized carbons (Fsp3) is 0.533. The minimum Gasteiger partial charge on any atom is -0.381 e. The SMILES string of the molecule is CC(C)n1ncc(Cl)c1C(O)c1ccc(C(C)(C)C)s1. The van der Waals surface area contributed by atoms with Gasteiger partial charge in [-0.15, -0.1) is 11.3 Å². The normalized spacial score (nSPS) is 14.0. The average molecular weight is 313 g/mol. The highest BCUT2D eigenvalue weighted by atomic mass is 35.5. The molecule has 0 aliphatic rings. The molecule has 1 atom stereocenters. The second kappa shape index (κ2) is 5.51. The van der Waals surface area contributed by atoms with Crippen LogP contribution in [0.2, 0.25) is 5.02 Å². The molecule has 0 spiro atoms. The number of aliphatic hydroxyl groups excluding tert-OH is 1. The lowest BCUT2D eigenvalue weighted by Gasteiger charge is -2.17. The fourth-order valence-electron chi connectivity index (χ4n) is 2.06. The molecule has 0 aliphatic carbocycles. The van der Waals surface area contributed by atoms with E-state index in [0.29, 0.717) is 10.7 Å². The maximum atomic E-state index is 10.6. The molecule has 0 fully saturated rings. The Morgan fingerprint density at radius 2 is 1.95 bits per heavy atom. The lowest BCUT2D eigenvalue weighted by atomic mass is 9.95. The first-order valence-corrected chi connectivity index (χ1v) is 7.92. The summed E-state index contributed by atoms with van der Waals surface area (Å²) < 4.78 is 1.78. The van der Waals surface area contributed by atoms with Crippen molar-refractivity contribution in [3.8, 4) is 0 Å². The van der Waals surface area contributed by atoms with Crippen molar-refractivity contribution in [2.24, 2.45) is 0 Å². The van der Waals surface area contributed by atoms with Gasteiger partial charge in [0.05, 0.1) is 16.9 Å². The molecule has 2 aromatic rings. The number of rotatable bonds is 3. The Morgan fingerprint density at radius 3 is 2.45 bits per heavy atom. The Kier molecular flexibility index (Phi) is 4.28. The predicted molar refractivity (Wildman–Crippen MR) is 84.7 cm³/mol. The van der Waals surface area contributed by atoms with Crippen LogP contribution in [0.4, 0.5) is 0 Å². The largest absolute Gasteiger partial charge is 0.381 e. The molecule has 20 heavy (non-hydrogen) atoms. The van der Waals surface area contributed by atoms with E-state index in [2.05, 4.69) is 31.9 Å². The maximum absolute atomic E-state index is 10.6. The average Bonchev–Trinajstić information content (AvgIpc) is 2.93. The molecule has 0 saturated carbocycles. The first-order chi connectivity index (χ1) is 9.21. The third-order valence-electron chi connectivity index (χ3n) is 3.17. The van der Waals surface area contributed by atoms with Crippen LogP contribution in [0.5, 0.6) is 0 Å². The number of halogens is 1. The summed E-state index contributed by atoms with van der Waals surface area (Å²) in [5, 5.41) is 15.4. The van der Waals surface area contributed by atoms with Gasteiger partial charge in [0.1, 0.15) is 6.10 Å². The van der Waals surface area contributed by atoms with Crippen molar-refractivity contribution in [1.29, 1.82) is 0 Å². The first kappa shape index (κ1) is 15.5. The van der Waals surface area contributed by atoms with Gasteiger partial charge in [0.15, 0.2) is 0 Å². The van der Waals surface area contributed by atoms with E-state index in [-0.39, 0.29) is 11.5 Å². The Bertz CT molecular complexity index is 595. The quantitative estimate of drug-likeness (QED) is 0.902. The van der Waals surface area contributed by atoms with Crippen molar-refractivity contribution in [3.63, 3.8) is 0 Å². The molecular formula is C15H21ClN2OS. The highest BCUT2D eigenvalue weighted by Crippen LogP contribution is 2.37. The van der Waals surface area contributed by atoms with Gasteiger partial charge in [-0.25, -0.2) is 0 Å². The van der Waals surface area contributed by atoms with Crippen molar-refractivity contribution in [2.45, 2.75) is 52.2 Å². The molecule has 0 radical (unpaired) electrons. The third-order valence-corrected chi connectivity index (χ3v) is 5.03. The fourth-order valence-corrected chi connectivity index (χ4v) is 3.34. The number of hydrogen-bond donors (Lipinski definition) is 1. The van der Waals surface area contributed by atoms with Crippen LogP contribution in [0.15, 0.2) is 18.3 Å². The summed E-state index contributed by atoms with van der Waals surface area (Å²) in [5.41, 5.74) is 0.758. The predicted octanol–water partition coefficient (Wildman–Crippen LogP) is 4.56. The van der Waals surface area contributed by atoms with Gasteiger partial charge in [-0.2, -0.15) is 5.10 Å². The summed E-state index contributed by atoms with van der Waals surface area (Å²) >= 11 is 7.82. The van der Waals surface area contributed by atoms with Crippen LogP contribution >= 0.6 is 22.9 Å². The van der Waals surface area contributed by atoms with E-state index in [9.17, 15) is 5.11 Å². The molecule has 2 heterocycles. The van der Waals surface area contributed by atoms with E-state index in [0.717, 1.165) is 4.88 Å². The van der Waals surface area contributed by atoms with E-state index in [1.807, 2.05) is 19.9 Å². The van der Waals surface area contributed by atoms with Gasteiger partial charge >= 0.3 is 0 Å². The smallest absolute Gasteiger partial charge is 0.131 e. The van der Waals surface area contributed by atoms with Gasteiger partial charge in [0, 0.05) is 15.8 Å². The van der Waals surface area contributed by atoms with Crippen LogP contribution in [0.1, 0.15) is 62.2 Å². The van der Waals surface area contributed by atoms with E-state index in [1.165, 1.54) is 4.88 Å². The molecule has 110 valence electrons. The topological polar surface area (TPSA) is 38.0 Å². The molecule has 1 N–H and O–H groups in total. The summed E-state index contributed by atoms with van der Waals surface area (Å²) in [4.78, 5) is 2.15. The zero-order valence-electron chi connectivity index (χ0n) is 12.5. The Hall–Kier alpha value is -0.840. The van der Waals surface area contributed by atoms with Gasteiger partial charge in [-0.3, -0.25) is 4.68 Å². The first-order valence-electron chi connectivity index (χ1n) is 6.73. The number of hydrogen-bond acceptors (Lipinski definition) is 3. The Morgan fingerprint density at radius 1 is 1.30 bits per heavy atom. The van der Waals surface area contributed by atoms with Gasteiger partial charge in [0.2, 0.25) is 0 Å². The minimum atomic E-state index is -0.728. The maximum Gasteiger partial charge on any atom is 0.131 e. The lowest BCUT2D eigenvalue weighted by molar-refractivity contribution is 0.209. The third kappa shape index (κ3) is 2.92. The van der Waals surface area contributed by atoms with Crippen molar-refractivity contribution < 1.29 is 5.11 Å². The summed E-state index contributed by atoms with van der Waals surface area (Å²) in [6.45, 7) is 10.5. The molecule has 0 saturated heterocycles. The standard InChI is InChI=1S/C15H21ClN2OS/c1-9(2)18-13(10(16)8-17-18)14(19)11-6-7-12(20-11)15(3,4)5/h6-9,14,19H,1-5H3. The molecule has 0 bridgehead atoms. The molecule has 0 aromatic carbocycles. The van der Waals surface area contributed by atoms with Gasteiger partial charge in [-0.05, 0) is 31.4 Å². The van der Waals surface area contributed by atoms with E-state index >= 15 is 0 Å². The lowest BCUT2D eigenvalue weighted by Crippen LogP contribution is -2.12. The van der Waals surface area contributed by atoms with Crippen LogP contribution < -0.4 is 0 Å². The molecule has 0 aliphatic heterocycles. The molecule has 2 rings (SSSR count). The number of aliphatic hydroxyl groups is 1. The van der Waals surface area contributed by atoms with Crippen molar-refractivity contribution in [3.05, 3.63) is 38.8 Å². The van der Waals surface area contributed by atoms with E-state index < -0.39 is 6.10 Å². The number of thiophene rings is 1. The van der Waals surface area contributed by atoms with E-state index in [4.69, 9.17) is 11.6 Å². The molecule has 0 amide bonds. The van der Waals surface area contributed by atoms with Crippen LogP contribution in [-0.4, -0.2) is 14.9 Å². The van der Waals surface area contributed by atoms with Crippen LogP contribution in [-0.2, 0) is 5.41 Å². The second-order valence-corrected chi connectivity index (χ2v) is 7.79. The number of aromatic nitrogens is 2. The summed E-state index contributed by atoms with van der Waals surface area (Å²) in [5.74, 6) is 0. The zero-order chi connectivity index (χ0) is 15.1. The molecule has 2 aromatic heterocycles. The van der Waals surface area contributed by atoms with Gasteiger partial charge < -0.3 is 5.11 Å². The summed E-state index contributed by atoms with van der Waals surface area (Å²) in [7, 11) is 0. The van der Waals surface area contributed by atoms with E-state index in [1.54, 1.807) is 22.2 Å². The van der Waals surface area contributed by atoms with Crippen molar-refractivity contribution in [2.75, 3.05) is 0 Å². The van der Waals surface area contributed by atoms with Crippen LogP contribution in [0.3, 0.4) is 0 Å². The molecule has 1 unspecified atom stereocenters. The van der Waals surface area contributed by atoms with Crippen molar-refractivity contribution in [1.82, 2.24) is 9.78 Å². The van der Waals surface area contributed by atoms with Gasteiger partial charge in [-0.1, -0.05) is 32.4 Å². The summed E-state index contributed by atoms with van der Waals surface area (Å²) in [6.07, 6.45) is 0.867. The zero-order valence-corrected chi connectivity index (χ0v) is 14.1.